The second-order valence-electron chi connectivity index (χ2n) is 5.27. The van der Waals surface area contributed by atoms with Gasteiger partial charge in [-0.05, 0) is 35.7 Å². The predicted molar refractivity (Wildman–Crippen MR) is 83.5 cm³/mol. The van der Waals surface area contributed by atoms with Crippen LogP contribution in [0.5, 0.6) is 0 Å². The van der Waals surface area contributed by atoms with Gasteiger partial charge >= 0.3 is 0 Å². The quantitative estimate of drug-likeness (QED) is 0.658. The van der Waals surface area contributed by atoms with Crippen molar-refractivity contribution in [2.75, 3.05) is 38.1 Å². The maximum Gasteiger partial charge on any atom is 0.222 e. The van der Waals surface area contributed by atoms with Gasteiger partial charge in [0, 0.05) is 30.7 Å². The molecule has 7 nitrogen and oxygen atoms in total. The average molecular weight is 348 g/mol. The van der Waals surface area contributed by atoms with E-state index in [9.17, 15) is 0 Å². The molecule has 0 radical (unpaired) electrons. The number of tetrazole rings is 1. The van der Waals surface area contributed by atoms with Crippen LogP contribution in [0.25, 0.3) is 16.7 Å². The smallest absolute Gasteiger partial charge is 0.222 e. The number of anilines is 1. The highest BCUT2D eigenvalue weighted by atomic mass is 79.9. The standard InChI is InChI=1S/C13H14BrN7/c1-19-4-6-20(7-5-19)12-13-16-17-18-21(13)11-3-2-9(14)8-10(11)15-12/h2-3,8H,4-7H2,1H3. The van der Waals surface area contributed by atoms with E-state index in [4.69, 9.17) is 4.98 Å². The molecule has 0 bridgehead atoms. The summed E-state index contributed by atoms with van der Waals surface area (Å²) in [4.78, 5) is 9.37. The fourth-order valence-corrected chi connectivity index (χ4v) is 3.00. The van der Waals surface area contributed by atoms with E-state index in [0.717, 1.165) is 53.2 Å². The molecule has 8 heteroatoms. The van der Waals surface area contributed by atoms with Crippen LogP contribution in [0.2, 0.25) is 0 Å². The van der Waals surface area contributed by atoms with Crippen molar-refractivity contribution in [3.05, 3.63) is 22.7 Å². The number of piperazine rings is 1. The van der Waals surface area contributed by atoms with E-state index in [-0.39, 0.29) is 0 Å². The SMILES string of the molecule is CN1CCN(c2nc3cc(Br)ccc3n3nnnc23)CC1. The highest BCUT2D eigenvalue weighted by Gasteiger charge is 2.21. The molecule has 108 valence electrons. The van der Waals surface area contributed by atoms with Crippen molar-refractivity contribution in [1.82, 2.24) is 29.9 Å². The highest BCUT2D eigenvalue weighted by Crippen LogP contribution is 2.25. The van der Waals surface area contributed by atoms with Crippen LogP contribution in [0.4, 0.5) is 5.82 Å². The second-order valence-corrected chi connectivity index (χ2v) is 6.19. The molecular weight excluding hydrogens is 334 g/mol. The van der Waals surface area contributed by atoms with Crippen LogP contribution < -0.4 is 4.90 Å². The molecular formula is C13H14BrN7. The Kier molecular flexibility index (Phi) is 3.00. The van der Waals surface area contributed by atoms with Crippen molar-refractivity contribution in [3.8, 4) is 0 Å². The normalized spacial score (nSPS) is 17.0. The van der Waals surface area contributed by atoms with Crippen molar-refractivity contribution in [2.45, 2.75) is 0 Å². The molecule has 21 heavy (non-hydrogen) atoms. The van der Waals surface area contributed by atoms with Gasteiger partial charge in [0.25, 0.3) is 0 Å². The summed E-state index contributed by atoms with van der Waals surface area (Å²) in [6.07, 6.45) is 0. The summed E-state index contributed by atoms with van der Waals surface area (Å²) in [5.74, 6) is 0.860. The van der Waals surface area contributed by atoms with E-state index in [2.05, 4.69) is 48.3 Å². The Hall–Kier alpha value is -1.80. The lowest BCUT2D eigenvalue weighted by molar-refractivity contribution is 0.312. The van der Waals surface area contributed by atoms with Gasteiger partial charge in [-0.3, -0.25) is 0 Å². The van der Waals surface area contributed by atoms with Crippen LogP contribution in [-0.2, 0) is 0 Å². The van der Waals surface area contributed by atoms with Crippen LogP contribution in [0.15, 0.2) is 22.7 Å². The molecule has 0 N–H and O–H groups in total. The number of likely N-dealkylation sites (N-methyl/N-ethyl adjacent to an activating group) is 1. The second kappa shape index (κ2) is 4.88. The third-order valence-corrected chi connectivity index (χ3v) is 4.36. The Morgan fingerprint density at radius 1 is 1.14 bits per heavy atom. The molecule has 0 atom stereocenters. The summed E-state index contributed by atoms with van der Waals surface area (Å²) >= 11 is 3.49. The molecule has 0 saturated carbocycles. The molecule has 3 heterocycles. The van der Waals surface area contributed by atoms with Crippen molar-refractivity contribution in [2.24, 2.45) is 0 Å². The molecule has 0 amide bonds. The van der Waals surface area contributed by atoms with Gasteiger partial charge in [-0.25, -0.2) is 4.98 Å². The van der Waals surface area contributed by atoms with Crippen LogP contribution >= 0.6 is 15.9 Å². The molecule has 1 aliphatic rings. The summed E-state index contributed by atoms with van der Waals surface area (Å²) < 4.78 is 2.77. The first-order valence-electron chi connectivity index (χ1n) is 6.83. The Bertz CT molecular complexity index is 807. The molecule has 0 unspecified atom stereocenters. The van der Waals surface area contributed by atoms with Crippen LogP contribution in [-0.4, -0.2) is 63.2 Å². The molecule has 1 aliphatic heterocycles. The Morgan fingerprint density at radius 3 is 2.76 bits per heavy atom. The van der Waals surface area contributed by atoms with E-state index < -0.39 is 0 Å². The van der Waals surface area contributed by atoms with Crippen molar-refractivity contribution in [3.63, 3.8) is 0 Å². The Morgan fingerprint density at radius 2 is 1.95 bits per heavy atom. The van der Waals surface area contributed by atoms with Gasteiger partial charge < -0.3 is 9.80 Å². The highest BCUT2D eigenvalue weighted by molar-refractivity contribution is 9.10. The monoisotopic (exact) mass is 347 g/mol. The van der Waals surface area contributed by atoms with Gasteiger partial charge in [0.05, 0.1) is 11.0 Å². The summed E-state index contributed by atoms with van der Waals surface area (Å²) in [6, 6.07) is 5.94. The minimum absolute atomic E-state index is 0.717. The predicted octanol–water partition coefficient (Wildman–Crippen LogP) is 1.19. The Balaban J connectivity index is 1.92. The number of hydrogen-bond donors (Lipinski definition) is 0. The van der Waals surface area contributed by atoms with E-state index in [1.165, 1.54) is 0 Å². The van der Waals surface area contributed by atoms with E-state index in [1.54, 1.807) is 4.52 Å². The van der Waals surface area contributed by atoms with Gasteiger partial charge in [-0.15, -0.1) is 5.10 Å². The van der Waals surface area contributed by atoms with E-state index in [0.29, 0.717) is 0 Å². The van der Waals surface area contributed by atoms with Gasteiger partial charge in [0.2, 0.25) is 5.65 Å². The zero-order chi connectivity index (χ0) is 14.4. The number of halogens is 1. The zero-order valence-electron chi connectivity index (χ0n) is 11.6. The molecule has 3 aromatic rings. The van der Waals surface area contributed by atoms with Crippen molar-refractivity contribution in [1.29, 1.82) is 0 Å². The molecule has 1 fully saturated rings. The summed E-state index contributed by atoms with van der Waals surface area (Å²) in [5.41, 5.74) is 2.52. The third-order valence-electron chi connectivity index (χ3n) is 3.86. The third kappa shape index (κ3) is 2.14. The molecule has 2 aromatic heterocycles. The molecule has 0 spiro atoms. The Labute approximate surface area is 129 Å². The number of aromatic nitrogens is 5. The van der Waals surface area contributed by atoms with E-state index >= 15 is 0 Å². The van der Waals surface area contributed by atoms with Crippen molar-refractivity contribution < 1.29 is 0 Å². The zero-order valence-corrected chi connectivity index (χ0v) is 13.2. The van der Waals surface area contributed by atoms with Gasteiger partial charge in [0.1, 0.15) is 0 Å². The molecule has 4 rings (SSSR count). The molecule has 1 aromatic carbocycles. The maximum atomic E-state index is 4.80. The number of fused-ring (bicyclic) bond motifs is 3. The lowest BCUT2D eigenvalue weighted by Crippen LogP contribution is -2.45. The summed E-state index contributed by atoms with van der Waals surface area (Å²) in [5, 5.41) is 12.1. The fraction of sp³-hybridized carbons (Fsp3) is 0.385. The average Bonchev–Trinajstić information content (AvgIpc) is 2.96. The van der Waals surface area contributed by atoms with Crippen LogP contribution in [0.1, 0.15) is 0 Å². The van der Waals surface area contributed by atoms with E-state index in [1.807, 2.05) is 18.2 Å². The fourth-order valence-electron chi connectivity index (χ4n) is 2.65. The minimum Gasteiger partial charge on any atom is -0.351 e. The first kappa shape index (κ1) is 12.9. The van der Waals surface area contributed by atoms with Gasteiger partial charge in [-0.1, -0.05) is 15.9 Å². The molecule has 0 aliphatic carbocycles. The number of rotatable bonds is 1. The van der Waals surface area contributed by atoms with Crippen LogP contribution in [0, 0.1) is 0 Å². The molecule has 1 saturated heterocycles. The number of benzene rings is 1. The summed E-state index contributed by atoms with van der Waals surface area (Å²) in [7, 11) is 2.14. The largest absolute Gasteiger partial charge is 0.351 e. The van der Waals surface area contributed by atoms with Gasteiger partial charge in [0.15, 0.2) is 5.82 Å². The lowest BCUT2D eigenvalue weighted by atomic mass is 10.3. The number of hydrogen-bond acceptors (Lipinski definition) is 6. The topological polar surface area (TPSA) is 62.5 Å². The van der Waals surface area contributed by atoms with Gasteiger partial charge in [-0.2, -0.15) is 4.52 Å². The van der Waals surface area contributed by atoms with Crippen LogP contribution in [0.3, 0.4) is 0 Å². The minimum atomic E-state index is 0.717. The summed E-state index contributed by atoms with van der Waals surface area (Å²) in [6.45, 7) is 3.91. The number of nitrogens with zero attached hydrogens (tertiary/aromatic N) is 7. The first-order chi connectivity index (χ1) is 10.2. The lowest BCUT2D eigenvalue weighted by Gasteiger charge is -2.33. The van der Waals surface area contributed by atoms with Crippen molar-refractivity contribution >= 4 is 38.4 Å². The maximum absolute atomic E-state index is 4.80. The first-order valence-corrected chi connectivity index (χ1v) is 7.62.